The maximum atomic E-state index is 12.8. The molecule has 24 heavy (non-hydrogen) atoms. The molecule has 124 valence electrons. The van der Waals surface area contributed by atoms with E-state index < -0.39 is 24.2 Å². The molecule has 0 unspecified atom stereocenters. The number of ether oxygens (including phenoxy) is 1. The molecule has 0 heterocycles. The van der Waals surface area contributed by atoms with E-state index >= 15 is 0 Å². The number of esters is 1. The molecule has 2 aromatic carbocycles. The van der Waals surface area contributed by atoms with Crippen molar-refractivity contribution < 1.29 is 23.5 Å². The maximum Gasteiger partial charge on any atom is 0.338 e. The van der Waals surface area contributed by atoms with Gasteiger partial charge in [-0.25, -0.2) is 9.18 Å². The van der Waals surface area contributed by atoms with E-state index in [0.717, 1.165) is 0 Å². The third-order valence-electron chi connectivity index (χ3n) is 3.23. The number of halogens is 1. The van der Waals surface area contributed by atoms with E-state index in [9.17, 15) is 18.8 Å². The number of hydrogen-bond acceptors (Lipinski definition) is 4. The molecule has 2 aromatic rings. The topological polar surface area (TPSA) is 72.5 Å². The number of carbonyl (C=O) groups is 3. The van der Waals surface area contributed by atoms with Crippen LogP contribution in [0.3, 0.4) is 0 Å². The van der Waals surface area contributed by atoms with Gasteiger partial charge in [-0.2, -0.15) is 0 Å². The number of ketones is 1. The molecule has 0 atom stereocenters. The van der Waals surface area contributed by atoms with Crippen molar-refractivity contribution in [2.24, 2.45) is 0 Å². The van der Waals surface area contributed by atoms with Gasteiger partial charge < -0.3 is 10.1 Å². The van der Waals surface area contributed by atoms with Gasteiger partial charge in [-0.15, -0.1) is 0 Å². The lowest BCUT2D eigenvalue weighted by Gasteiger charge is -2.06. The van der Waals surface area contributed by atoms with E-state index in [1.807, 2.05) is 0 Å². The zero-order valence-corrected chi connectivity index (χ0v) is 13.0. The Morgan fingerprint density at radius 2 is 1.54 bits per heavy atom. The number of benzene rings is 2. The van der Waals surface area contributed by atoms with Crippen LogP contribution < -0.4 is 5.32 Å². The van der Waals surface area contributed by atoms with Crippen LogP contribution in [0, 0.1) is 5.82 Å². The molecule has 1 N–H and O–H groups in total. The second-order valence-corrected chi connectivity index (χ2v) is 4.99. The second-order valence-electron chi connectivity index (χ2n) is 4.99. The van der Waals surface area contributed by atoms with Gasteiger partial charge in [-0.1, -0.05) is 6.92 Å². The Kier molecular flexibility index (Phi) is 5.78. The van der Waals surface area contributed by atoms with Crippen molar-refractivity contribution in [1.82, 2.24) is 0 Å². The SMILES string of the molecule is CCC(=O)Nc1ccc(C(=O)OCC(=O)c2ccc(F)cc2)cc1. The van der Waals surface area contributed by atoms with Gasteiger partial charge in [0.05, 0.1) is 5.56 Å². The highest BCUT2D eigenvalue weighted by molar-refractivity contribution is 5.99. The van der Waals surface area contributed by atoms with Gasteiger partial charge in [0, 0.05) is 17.7 Å². The third kappa shape index (κ3) is 4.74. The molecule has 1 amide bonds. The third-order valence-corrected chi connectivity index (χ3v) is 3.23. The summed E-state index contributed by atoms with van der Waals surface area (Å²) in [5, 5.41) is 2.66. The van der Waals surface area contributed by atoms with Crippen molar-refractivity contribution in [1.29, 1.82) is 0 Å². The number of nitrogens with one attached hydrogen (secondary N) is 1. The van der Waals surface area contributed by atoms with Gasteiger partial charge in [-0.05, 0) is 48.5 Å². The zero-order valence-electron chi connectivity index (χ0n) is 13.0. The smallest absolute Gasteiger partial charge is 0.338 e. The number of Topliss-reactive ketones (excluding diaryl/α,β-unsaturated/α-hetero) is 1. The number of amides is 1. The summed E-state index contributed by atoms with van der Waals surface area (Å²) < 4.78 is 17.7. The quantitative estimate of drug-likeness (QED) is 0.652. The fourth-order valence-corrected chi connectivity index (χ4v) is 1.87. The van der Waals surface area contributed by atoms with Gasteiger partial charge in [0.25, 0.3) is 0 Å². The summed E-state index contributed by atoms with van der Waals surface area (Å²) in [4.78, 5) is 35.0. The molecule has 0 saturated heterocycles. The van der Waals surface area contributed by atoms with Crippen LogP contribution in [-0.2, 0) is 9.53 Å². The van der Waals surface area contributed by atoms with Crippen molar-refractivity contribution in [2.45, 2.75) is 13.3 Å². The summed E-state index contributed by atoms with van der Waals surface area (Å²) in [6.45, 7) is 1.30. The van der Waals surface area contributed by atoms with E-state index in [-0.39, 0.29) is 17.0 Å². The van der Waals surface area contributed by atoms with Crippen LogP contribution in [0.1, 0.15) is 34.1 Å². The molecule has 0 aliphatic rings. The van der Waals surface area contributed by atoms with E-state index in [4.69, 9.17) is 4.74 Å². The fourth-order valence-electron chi connectivity index (χ4n) is 1.87. The highest BCUT2D eigenvalue weighted by Crippen LogP contribution is 2.11. The minimum absolute atomic E-state index is 0.129. The maximum absolute atomic E-state index is 12.8. The number of rotatable bonds is 6. The zero-order chi connectivity index (χ0) is 17.5. The molecule has 5 nitrogen and oxygen atoms in total. The van der Waals surface area contributed by atoms with Crippen LogP contribution in [0.2, 0.25) is 0 Å². The first-order valence-electron chi connectivity index (χ1n) is 7.35. The largest absolute Gasteiger partial charge is 0.454 e. The van der Waals surface area contributed by atoms with Crippen LogP contribution >= 0.6 is 0 Å². The first-order valence-corrected chi connectivity index (χ1v) is 7.35. The van der Waals surface area contributed by atoms with Crippen molar-refractivity contribution in [3.8, 4) is 0 Å². The van der Waals surface area contributed by atoms with Crippen LogP contribution in [0.15, 0.2) is 48.5 Å². The molecule has 0 aliphatic carbocycles. The minimum Gasteiger partial charge on any atom is -0.454 e. The summed E-state index contributed by atoms with van der Waals surface area (Å²) in [7, 11) is 0. The standard InChI is InChI=1S/C18H16FNO4/c1-2-17(22)20-15-9-5-13(6-10-15)18(23)24-11-16(21)12-3-7-14(19)8-4-12/h3-10H,2,11H2,1H3,(H,20,22). The van der Waals surface area contributed by atoms with Gasteiger partial charge in [0.15, 0.2) is 12.4 Å². The average molecular weight is 329 g/mol. The Bertz CT molecular complexity index is 739. The van der Waals surface area contributed by atoms with Crippen LogP contribution in [0.5, 0.6) is 0 Å². The summed E-state index contributed by atoms with van der Waals surface area (Å²) in [6, 6.07) is 11.1. The van der Waals surface area contributed by atoms with Crippen molar-refractivity contribution >= 4 is 23.3 Å². The summed E-state index contributed by atoms with van der Waals surface area (Å²) in [6.07, 6.45) is 0.356. The molecular formula is C18H16FNO4. The second kappa shape index (κ2) is 8.01. The van der Waals surface area contributed by atoms with Crippen molar-refractivity contribution in [3.05, 3.63) is 65.5 Å². The fraction of sp³-hybridized carbons (Fsp3) is 0.167. The monoisotopic (exact) mass is 329 g/mol. The molecule has 0 spiro atoms. The summed E-state index contributed by atoms with van der Waals surface area (Å²) in [5.74, 6) is -1.65. The predicted molar refractivity (Wildman–Crippen MR) is 86.4 cm³/mol. The molecule has 2 rings (SSSR count). The number of hydrogen-bond donors (Lipinski definition) is 1. The van der Waals surface area contributed by atoms with Crippen LogP contribution in [-0.4, -0.2) is 24.3 Å². The highest BCUT2D eigenvalue weighted by atomic mass is 19.1. The van der Waals surface area contributed by atoms with Crippen LogP contribution in [0.25, 0.3) is 0 Å². The Labute approximate surface area is 138 Å². The van der Waals surface area contributed by atoms with E-state index in [2.05, 4.69) is 5.32 Å². The molecule has 0 saturated carbocycles. The first-order chi connectivity index (χ1) is 11.5. The summed E-state index contributed by atoms with van der Waals surface area (Å²) in [5.41, 5.74) is 1.10. The van der Waals surface area contributed by atoms with Gasteiger partial charge in [0.2, 0.25) is 5.91 Å². The van der Waals surface area contributed by atoms with Gasteiger partial charge in [-0.3, -0.25) is 9.59 Å². The van der Waals surface area contributed by atoms with Crippen LogP contribution in [0.4, 0.5) is 10.1 Å². The van der Waals surface area contributed by atoms with E-state index in [1.165, 1.54) is 36.4 Å². The lowest BCUT2D eigenvalue weighted by Crippen LogP contribution is -2.14. The average Bonchev–Trinajstić information content (AvgIpc) is 2.60. The van der Waals surface area contributed by atoms with Gasteiger partial charge >= 0.3 is 5.97 Å². The van der Waals surface area contributed by atoms with Crippen molar-refractivity contribution in [3.63, 3.8) is 0 Å². The minimum atomic E-state index is -0.654. The lowest BCUT2D eigenvalue weighted by atomic mass is 10.1. The Balaban J connectivity index is 1.91. The molecule has 0 radical (unpaired) electrons. The molecular weight excluding hydrogens is 313 g/mol. The molecule has 0 bridgehead atoms. The molecule has 0 aromatic heterocycles. The van der Waals surface area contributed by atoms with E-state index in [1.54, 1.807) is 19.1 Å². The first kappa shape index (κ1) is 17.3. The number of anilines is 1. The molecule has 0 aliphatic heterocycles. The molecule has 6 heteroatoms. The van der Waals surface area contributed by atoms with E-state index in [0.29, 0.717) is 12.1 Å². The summed E-state index contributed by atoms with van der Waals surface area (Å²) >= 11 is 0. The normalized spacial score (nSPS) is 10.1. The number of carbonyl (C=O) groups excluding carboxylic acids is 3. The Morgan fingerprint density at radius 1 is 0.958 bits per heavy atom. The Morgan fingerprint density at radius 3 is 2.12 bits per heavy atom. The van der Waals surface area contributed by atoms with Crippen molar-refractivity contribution in [2.75, 3.05) is 11.9 Å². The highest BCUT2D eigenvalue weighted by Gasteiger charge is 2.12. The predicted octanol–water partition coefficient (Wildman–Crippen LogP) is 3.21. The lowest BCUT2D eigenvalue weighted by molar-refractivity contribution is -0.115. The molecule has 0 fully saturated rings. The Hall–Kier alpha value is -3.02. The van der Waals surface area contributed by atoms with Gasteiger partial charge in [0.1, 0.15) is 5.82 Å².